The van der Waals surface area contributed by atoms with Gasteiger partial charge in [-0.3, -0.25) is 9.48 Å². The third kappa shape index (κ3) is 3.00. The molecule has 0 aliphatic rings. The maximum atomic E-state index is 13.1. The van der Waals surface area contributed by atoms with Crippen molar-refractivity contribution in [3.05, 3.63) is 52.0 Å². The minimum absolute atomic E-state index is 0.0735. The average Bonchev–Trinajstić information content (AvgIpc) is 2.63. The Morgan fingerprint density at radius 2 is 2.24 bits per heavy atom. The summed E-state index contributed by atoms with van der Waals surface area (Å²) in [6.45, 7) is 0. The molecule has 2 rings (SSSR count). The van der Waals surface area contributed by atoms with Gasteiger partial charge in [0, 0.05) is 24.1 Å². The summed E-state index contributed by atoms with van der Waals surface area (Å²) in [6, 6.07) is 4.45. The first-order valence-corrected chi connectivity index (χ1v) is 5.81. The van der Waals surface area contributed by atoms with Gasteiger partial charge in [-0.15, -0.1) is 0 Å². The minimum Gasteiger partial charge on any atom is -0.294 e. The van der Waals surface area contributed by atoms with E-state index in [1.807, 2.05) is 0 Å². The quantitative estimate of drug-likeness (QED) is 0.817. The Morgan fingerprint density at radius 1 is 1.47 bits per heavy atom. The summed E-state index contributed by atoms with van der Waals surface area (Å²) in [5, 5.41) is 3.93. The van der Waals surface area contributed by atoms with Crippen molar-refractivity contribution in [3.8, 4) is 0 Å². The fourth-order valence-electron chi connectivity index (χ4n) is 1.57. The number of ketones is 1. The number of benzene rings is 1. The van der Waals surface area contributed by atoms with Crippen molar-refractivity contribution >= 4 is 21.7 Å². The van der Waals surface area contributed by atoms with Crippen molar-refractivity contribution in [2.75, 3.05) is 0 Å². The van der Waals surface area contributed by atoms with E-state index in [2.05, 4.69) is 21.0 Å². The molecule has 1 heterocycles. The third-order valence-corrected chi connectivity index (χ3v) is 2.77. The van der Waals surface area contributed by atoms with Crippen LogP contribution in [0.15, 0.2) is 35.1 Å². The molecule has 0 N–H and O–H groups in total. The highest BCUT2D eigenvalue weighted by atomic mass is 79.9. The van der Waals surface area contributed by atoms with Crippen molar-refractivity contribution in [1.29, 1.82) is 0 Å². The molecule has 3 nitrogen and oxygen atoms in total. The lowest BCUT2D eigenvalue weighted by Crippen LogP contribution is -2.02. The topological polar surface area (TPSA) is 34.9 Å². The Hall–Kier alpha value is -1.49. The standard InChI is InChI=1S/C12H10BrFN2O/c1-16-7-9(6-15-16)12(17)4-8-2-10(13)5-11(14)3-8/h2-3,5-7H,4H2,1H3. The highest BCUT2D eigenvalue weighted by molar-refractivity contribution is 9.10. The smallest absolute Gasteiger partial charge is 0.170 e. The molecule has 1 aromatic heterocycles. The van der Waals surface area contributed by atoms with E-state index in [4.69, 9.17) is 0 Å². The number of Topliss-reactive ketones (excluding diaryl/α,β-unsaturated/α-hetero) is 1. The lowest BCUT2D eigenvalue weighted by molar-refractivity contribution is 0.0993. The van der Waals surface area contributed by atoms with E-state index in [0.29, 0.717) is 15.6 Å². The van der Waals surface area contributed by atoms with E-state index < -0.39 is 0 Å². The minimum atomic E-state index is -0.353. The second-order valence-corrected chi connectivity index (χ2v) is 4.70. The van der Waals surface area contributed by atoms with Crippen LogP contribution in [0, 0.1) is 5.82 Å². The van der Waals surface area contributed by atoms with E-state index in [9.17, 15) is 9.18 Å². The first-order valence-electron chi connectivity index (χ1n) is 5.01. The zero-order valence-electron chi connectivity index (χ0n) is 9.15. The fourth-order valence-corrected chi connectivity index (χ4v) is 2.08. The van der Waals surface area contributed by atoms with Crippen LogP contribution in [0.25, 0.3) is 0 Å². The Kier molecular flexibility index (Phi) is 3.38. The molecule has 1 aromatic carbocycles. The van der Waals surface area contributed by atoms with Crippen LogP contribution in [0.4, 0.5) is 4.39 Å². The van der Waals surface area contributed by atoms with Gasteiger partial charge in [0.15, 0.2) is 5.78 Å². The molecule has 0 aliphatic carbocycles. The summed E-state index contributed by atoms with van der Waals surface area (Å²) < 4.78 is 15.3. The number of hydrogen-bond donors (Lipinski definition) is 0. The maximum absolute atomic E-state index is 13.1. The first-order chi connectivity index (χ1) is 8.04. The average molecular weight is 297 g/mol. The highest BCUT2D eigenvalue weighted by Crippen LogP contribution is 2.16. The van der Waals surface area contributed by atoms with Gasteiger partial charge in [-0.25, -0.2) is 4.39 Å². The van der Waals surface area contributed by atoms with Crippen LogP contribution in [-0.4, -0.2) is 15.6 Å². The predicted molar refractivity (Wildman–Crippen MR) is 65.3 cm³/mol. The van der Waals surface area contributed by atoms with Gasteiger partial charge in [0.2, 0.25) is 0 Å². The van der Waals surface area contributed by atoms with E-state index in [0.717, 1.165) is 0 Å². The molecule has 0 spiro atoms. The molecule has 0 saturated carbocycles. The van der Waals surface area contributed by atoms with Crippen LogP contribution >= 0.6 is 15.9 Å². The molecule has 0 amide bonds. The van der Waals surface area contributed by atoms with Gasteiger partial charge in [0.05, 0.1) is 11.8 Å². The summed E-state index contributed by atoms with van der Waals surface area (Å²) >= 11 is 3.20. The zero-order chi connectivity index (χ0) is 12.4. The van der Waals surface area contributed by atoms with Crippen LogP contribution in [0.3, 0.4) is 0 Å². The Bertz CT molecular complexity index is 545. The second-order valence-electron chi connectivity index (χ2n) is 3.78. The number of aryl methyl sites for hydroxylation is 1. The molecule has 5 heteroatoms. The van der Waals surface area contributed by atoms with E-state index in [-0.39, 0.29) is 18.0 Å². The first kappa shape index (κ1) is 12.0. The zero-order valence-corrected chi connectivity index (χ0v) is 10.7. The van der Waals surface area contributed by atoms with Gasteiger partial charge in [0.1, 0.15) is 5.82 Å². The number of rotatable bonds is 3. The van der Waals surface area contributed by atoms with Gasteiger partial charge in [0.25, 0.3) is 0 Å². The third-order valence-electron chi connectivity index (χ3n) is 2.31. The van der Waals surface area contributed by atoms with E-state index >= 15 is 0 Å². The Balaban J connectivity index is 2.18. The van der Waals surface area contributed by atoms with Gasteiger partial charge in [-0.2, -0.15) is 5.10 Å². The fraction of sp³-hybridized carbons (Fsp3) is 0.167. The number of hydrogen-bond acceptors (Lipinski definition) is 2. The Labute approximate surface area is 106 Å². The normalized spacial score (nSPS) is 10.5. The summed E-state index contributed by atoms with van der Waals surface area (Å²) in [7, 11) is 1.75. The number of halogens is 2. The predicted octanol–water partition coefficient (Wildman–Crippen LogP) is 2.75. The largest absolute Gasteiger partial charge is 0.294 e. The molecule has 0 bridgehead atoms. The molecule has 2 aromatic rings. The molecular formula is C12H10BrFN2O. The molecular weight excluding hydrogens is 287 g/mol. The molecule has 0 aliphatic heterocycles. The van der Waals surface area contributed by atoms with Gasteiger partial charge < -0.3 is 0 Å². The van der Waals surface area contributed by atoms with E-state index in [1.165, 1.54) is 18.3 Å². The van der Waals surface area contributed by atoms with Crippen LogP contribution in [0.2, 0.25) is 0 Å². The lowest BCUT2D eigenvalue weighted by Gasteiger charge is -2.01. The van der Waals surface area contributed by atoms with Gasteiger partial charge >= 0.3 is 0 Å². The van der Waals surface area contributed by atoms with Crippen molar-refractivity contribution in [2.45, 2.75) is 6.42 Å². The van der Waals surface area contributed by atoms with Crippen LogP contribution in [-0.2, 0) is 13.5 Å². The number of aromatic nitrogens is 2. The molecule has 88 valence electrons. The Morgan fingerprint density at radius 3 is 2.82 bits per heavy atom. The van der Waals surface area contributed by atoms with Gasteiger partial charge in [-0.1, -0.05) is 15.9 Å². The maximum Gasteiger partial charge on any atom is 0.170 e. The highest BCUT2D eigenvalue weighted by Gasteiger charge is 2.10. The van der Waals surface area contributed by atoms with Crippen molar-refractivity contribution in [3.63, 3.8) is 0 Å². The monoisotopic (exact) mass is 296 g/mol. The van der Waals surface area contributed by atoms with Crippen LogP contribution in [0.1, 0.15) is 15.9 Å². The molecule has 0 fully saturated rings. The summed E-state index contributed by atoms with van der Waals surface area (Å²) in [6.07, 6.45) is 3.33. The summed E-state index contributed by atoms with van der Waals surface area (Å²) in [5.41, 5.74) is 1.18. The van der Waals surface area contributed by atoms with Crippen molar-refractivity contribution < 1.29 is 9.18 Å². The second kappa shape index (κ2) is 4.79. The molecule has 0 unspecified atom stereocenters. The van der Waals surface area contributed by atoms with E-state index in [1.54, 1.807) is 24.0 Å². The molecule has 0 saturated heterocycles. The molecule has 0 atom stereocenters. The number of nitrogens with zero attached hydrogens (tertiary/aromatic N) is 2. The SMILES string of the molecule is Cn1cc(C(=O)Cc2cc(F)cc(Br)c2)cn1. The van der Waals surface area contributed by atoms with Crippen LogP contribution in [0.5, 0.6) is 0 Å². The lowest BCUT2D eigenvalue weighted by atomic mass is 10.1. The van der Waals surface area contributed by atoms with Gasteiger partial charge in [-0.05, 0) is 23.8 Å². The molecule has 0 radical (unpaired) electrons. The number of carbonyl (C=O) groups is 1. The van der Waals surface area contributed by atoms with Crippen molar-refractivity contribution in [2.24, 2.45) is 7.05 Å². The molecule has 17 heavy (non-hydrogen) atoms. The summed E-state index contributed by atoms with van der Waals surface area (Å²) in [5.74, 6) is -0.427. The summed E-state index contributed by atoms with van der Waals surface area (Å²) in [4.78, 5) is 11.9. The number of carbonyl (C=O) groups excluding carboxylic acids is 1. The van der Waals surface area contributed by atoms with Crippen LogP contribution < -0.4 is 0 Å². The van der Waals surface area contributed by atoms with Crippen molar-refractivity contribution in [1.82, 2.24) is 9.78 Å².